The highest BCUT2D eigenvalue weighted by Crippen LogP contribution is 2.32. The highest BCUT2D eigenvalue weighted by atomic mass is 35.5. The molecule has 2 heterocycles. The van der Waals surface area contributed by atoms with Crippen LogP contribution in [0.3, 0.4) is 0 Å². The number of halogens is 3. The van der Waals surface area contributed by atoms with E-state index in [1.54, 1.807) is 12.1 Å². The Bertz CT molecular complexity index is 1250. The minimum atomic E-state index is -0.299. The minimum Gasteiger partial charge on any atom is -0.398 e. The maximum Gasteiger partial charge on any atom is 0.251 e. The number of benzene rings is 2. The van der Waals surface area contributed by atoms with Crippen molar-refractivity contribution >= 4 is 51.5 Å². The molecule has 0 unspecified atom stereocenters. The molecule has 0 spiro atoms. The summed E-state index contributed by atoms with van der Waals surface area (Å²) in [5.74, 6) is 0. The molecule has 4 nitrogen and oxygen atoms in total. The molecule has 0 bridgehead atoms. The van der Waals surface area contributed by atoms with Crippen molar-refractivity contribution in [2.24, 2.45) is 0 Å². The van der Waals surface area contributed by atoms with Crippen molar-refractivity contribution in [3.63, 3.8) is 0 Å². The Hall–Kier alpha value is -2.53. The van der Waals surface area contributed by atoms with Crippen molar-refractivity contribution in [1.29, 1.82) is 0 Å². The molecule has 0 saturated heterocycles. The quantitative estimate of drug-likeness (QED) is 0.436. The number of nitrogens with one attached hydrogen (secondary N) is 1. The van der Waals surface area contributed by atoms with Gasteiger partial charge in [0.25, 0.3) is 5.56 Å². The van der Waals surface area contributed by atoms with Crippen LogP contribution in [0.1, 0.15) is 11.3 Å². The second-order valence-electron chi connectivity index (χ2n) is 6.39. The van der Waals surface area contributed by atoms with E-state index in [-0.39, 0.29) is 5.56 Å². The summed E-state index contributed by atoms with van der Waals surface area (Å²) in [6.07, 6.45) is 0.459. The Morgan fingerprint density at radius 2 is 1.64 bits per heavy atom. The van der Waals surface area contributed by atoms with E-state index in [0.717, 1.165) is 22.4 Å². The molecule has 7 heteroatoms. The largest absolute Gasteiger partial charge is 0.398 e. The monoisotopic (exact) mass is 429 g/mol. The summed E-state index contributed by atoms with van der Waals surface area (Å²) >= 11 is 18.4. The van der Waals surface area contributed by atoms with E-state index in [9.17, 15) is 4.79 Å². The molecule has 0 amide bonds. The molecule has 0 saturated carbocycles. The lowest BCUT2D eigenvalue weighted by Gasteiger charge is -2.13. The fourth-order valence-electron chi connectivity index (χ4n) is 3.10. The zero-order valence-corrected chi connectivity index (χ0v) is 16.7. The summed E-state index contributed by atoms with van der Waals surface area (Å²) in [5, 5.41) is 2.44. The molecule has 0 aliphatic heterocycles. The van der Waals surface area contributed by atoms with Crippen LogP contribution in [-0.2, 0) is 6.42 Å². The summed E-state index contributed by atoms with van der Waals surface area (Å²) in [7, 11) is 0. The predicted molar refractivity (Wildman–Crippen MR) is 116 cm³/mol. The molecule has 0 radical (unpaired) electrons. The summed E-state index contributed by atoms with van der Waals surface area (Å²) in [5.41, 5.74) is 10.0. The Morgan fingerprint density at radius 1 is 0.929 bits per heavy atom. The SMILES string of the molecule is Nc1cc(=O)[nH]c2nc(Cc3ccc(Cl)cc3Cl)c(-c3ccc(Cl)cc3)cc12. The topological polar surface area (TPSA) is 71.8 Å². The first kappa shape index (κ1) is 18.8. The van der Waals surface area contributed by atoms with E-state index >= 15 is 0 Å². The fourth-order valence-corrected chi connectivity index (χ4v) is 3.70. The van der Waals surface area contributed by atoms with Crippen LogP contribution in [0, 0.1) is 0 Å². The molecule has 4 rings (SSSR count). The average Bonchev–Trinajstić information content (AvgIpc) is 2.64. The Labute approximate surface area is 175 Å². The van der Waals surface area contributed by atoms with Crippen LogP contribution in [0.15, 0.2) is 59.4 Å². The van der Waals surface area contributed by atoms with Crippen molar-refractivity contribution in [2.75, 3.05) is 5.73 Å². The lowest BCUT2D eigenvalue weighted by molar-refractivity contribution is 1.08. The zero-order chi connectivity index (χ0) is 19.8. The number of aromatic nitrogens is 2. The lowest BCUT2D eigenvalue weighted by Crippen LogP contribution is -2.09. The number of nitrogens with zero attached hydrogens (tertiary/aromatic N) is 1. The normalized spacial score (nSPS) is 11.1. The molecule has 140 valence electrons. The third-order valence-electron chi connectivity index (χ3n) is 4.47. The van der Waals surface area contributed by atoms with E-state index in [4.69, 9.17) is 45.5 Å². The van der Waals surface area contributed by atoms with E-state index in [1.807, 2.05) is 36.4 Å². The number of hydrogen-bond donors (Lipinski definition) is 2. The van der Waals surface area contributed by atoms with Gasteiger partial charge in [0.15, 0.2) is 0 Å². The Morgan fingerprint density at radius 3 is 2.36 bits per heavy atom. The summed E-state index contributed by atoms with van der Waals surface area (Å²) < 4.78 is 0. The molecule has 0 aliphatic rings. The standard InChI is InChI=1S/C21H14Cl3N3O/c22-13-4-1-11(2-5-13)15-9-16-18(25)10-20(28)27-21(16)26-19(15)7-12-3-6-14(23)8-17(12)24/h1-6,8-10H,7H2,(H3,25,26,27,28). The Kier molecular flexibility index (Phi) is 5.02. The molecule has 2 aromatic heterocycles. The first-order valence-corrected chi connectivity index (χ1v) is 9.56. The van der Waals surface area contributed by atoms with Gasteiger partial charge in [-0.05, 0) is 41.5 Å². The highest BCUT2D eigenvalue weighted by molar-refractivity contribution is 6.35. The van der Waals surface area contributed by atoms with Crippen LogP contribution < -0.4 is 11.3 Å². The second kappa shape index (κ2) is 7.47. The van der Waals surface area contributed by atoms with E-state index in [0.29, 0.717) is 38.2 Å². The van der Waals surface area contributed by atoms with E-state index < -0.39 is 0 Å². The third-order valence-corrected chi connectivity index (χ3v) is 5.31. The fraction of sp³-hybridized carbons (Fsp3) is 0.0476. The van der Waals surface area contributed by atoms with Gasteiger partial charge < -0.3 is 10.7 Å². The van der Waals surface area contributed by atoms with Gasteiger partial charge >= 0.3 is 0 Å². The van der Waals surface area contributed by atoms with Crippen LogP contribution in [0.5, 0.6) is 0 Å². The number of pyridine rings is 2. The molecule has 0 atom stereocenters. The summed E-state index contributed by atoms with van der Waals surface area (Å²) in [6, 6.07) is 16.1. The van der Waals surface area contributed by atoms with Crippen LogP contribution >= 0.6 is 34.8 Å². The smallest absolute Gasteiger partial charge is 0.251 e. The zero-order valence-electron chi connectivity index (χ0n) is 14.5. The van der Waals surface area contributed by atoms with Crippen LogP contribution in [-0.4, -0.2) is 9.97 Å². The van der Waals surface area contributed by atoms with Gasteiger partial charge in [-0.1, -0.05) is 53.0 Å². The molecule has 3 N–H and O–H groups in total. The first-order valence-electron chi connectivity index (χ1n) is 8.43. The van der Waals surface area contributed by atoms with Gasteiger partial charge in [-0.2, -0.15) is 0 Å². The number of hydrogen-bond acceptors (Lipinski definition) is 3. The molecule has 28 heavy (non-hydrogen) atoms. The molecule has 4 aromatic rings. The van der Waals surface area contributed by atoms with E-state index in [2.05, 4.69) is 4.98 Å². The van der Waals surface area contributed by atoms with Crippen LogP contribution in [0.2, 0.25) is 15.1 Å². The van der Waals surface area contributed by atoms with Gasteiger partial charge in [0.1, 0.15) is 5.65 Å². The maximum atomic E-state index is 11.8. The lowest BCUT2D eigenvalue weighted by atomic mass is 9.98. The highest BCUT2D eigenvalue weighted by Gasteiger charge is 2.14. The van der Waals surface area contributed by atoms with Gasteiger partial charge in [-0.25, -0.2) is 4.98 Å². The predicted octanol–water partition coefficient (Wildman–Crippen LogP) is 5.72. The number of H-pyrrole nitrogens is 1. The van der Waals surface area contributed by atoms with Crippen molar-refractivity contribution in [3.05, 3.63) is 91.3 Å². The van der Waals surface area contributed by atoms with Crippen LogP contribution in [0.25, 0.3) is 22.2 Å². The third kappa shape index (κ3) is 3.72. The number of anilines is 1. The van der Waals surface area contributed by atoms with Crippen LogP contribution in [0.4, 0.5) is 5.69 Å². The molecular formula is C21H14Cl3N3O. The van der Waals surface area contributed by atoms with Crippen molar-refractivity contribution < 1.29 is 0 Å². The molecule has 2 aromatic carbocycles. The Balaban J connectivity index is 1.94. The number of fused-ring (bicyclic) bond motifs is 1. The van der Waals surface area contributed by atoms with Gasteiger partial charge in [-0.15, -0.1) is 0 Å². The summed E-state index contributed by atoms with van der Waals surface area (Å²) in [4.78, 5) is 19.3. The first-order chi connectivity index (χ1) is 13.4. The number of rotatable bonds is 3. The van der Waals surface area contributed by atoms with E-state index in [1.165, 1.54) is 6.07 Å². The van der Waals surface area contributed by atoms with Crippen molar-refractivity contribution in [1.82, 2.24) is 9.97 Å². The molecular weight excluding hydrogens is 417 g/mol. The molecule has 0 fully saturated rings. The van der Waals surface area contributed by atoms with Gasteiger partial charge in [0.2, 0.25) is 0 Å². The van der Waals surface area contributed by atoms with Gasteiger partial charge in [0.05, 0.1) is 5.69 Å². The van der Waals surface area contributed by atoms with Crippen molar-refractivity contribution in [2.45, 2.75) is 6.42 Å². The number of aromatic amines is 1. The van der Waals surface area contributed by atoms with Gasteiger partial charge in [-0.3, -0.25) is 4.79 Å². The minimum absolute atomic E-state index is 0.299. The average molecular weight is 431 g/mol. The number of nitrogens with two attached hydrogens (primary N) is 1. The summed E-state index contributed by atoms with van der Waals surface area (Å²) in [6.45, 7) is 0. The number of nitrogen functional groups attached to an aromatic ring is 1. The van der Waals surface area contributed by atoms with Crippen molar-refractivity contribution in [3.8, 4) is 11.1 Å². The maximum absolute atomic E-state index is 11.8. The molecule has 0 aliphatic carbocycles. The van der Waals surface area contributed by atoms with Gasteiger partial charge in [0, 0.05) is 44.2 Å². The second-order valence-corrected chi connectivity index (χ2v) is 7.67.